The maximum atomic E-state index is 13.5. The normalized spacial score (nSPS) is 17.0. The van der Waals surface area contributed by atoms with Crippen LogP contribution in [0.2, 0.25) is 0 Å². The van der Waals surface area contributed by atoms with Crippen LogP contribution in [0.15, 0.2) is 12.1 Å². The molecule has 1 saturated carbocycles. The SMILES string of the molecule is COc1c(F)ccc(C2(CN)CC2)c1OC. The van der Waals surface area contributed by atoms with Gasteiger partial charge in [-0.05, 0) is 18.9 Å². The molecule has 2 N–H and O–H groups in total. The van der Waals surface area contributed by atoms with Gasteiger partial charge in [0.05, 0.1) is 14.2 Å². The molecule has 1 aliphatic carbocycles. The van der Waals surface area contributed by atoms with Crippen molar-refractivity contribution in [2.45, 2.75) is 18.3 Å². The van der Waals surface area contributed by atoms with Crippen LogP contribution in [0.5, 0.6) is 11.5 Å². The molecule has 1 aliphatic rings. The molecule has 0 atom stereocenters. The highest BCUT2D eigenvalue weighted by Crippen LogP contribution is 2.52. The molecule has 0 aromatic heterocycles. The monoisotopic (exact) mass is 225 g/mol. The summed E-state index contributed by atoms with van der Waals surface area (Å²) in [5.41, 5.74) is 6.68. The summed E-state index contributed by atoms with van der Waals surface area (Å²) in [4.78, 5) is 0. The summed E-state index contributed by atoms with van der Waals surface area (Å²) >= 11 is 0. The summed E-state index contributed by atoms with van der Waals surface area (Å²) in [6.07, 6.45) is 2.04. The number of rotatable bonds is 4. The molecule has 1 fully saturated rings. The van der Waals surface area contributed by atoms with Gasteiger partial charge < -0.3 is 15.2 Å². The summed E-state index contributed by atoms with van der Waals surface area (Å²) in [6, 6.07) is 3.16. The van der Waals surface area contributed by atoms with E-state index in [-0.39, 0.29) is 11.2 Å². The van der Waals surface area contributed by atoms with Crippen LogP contribution in [0.25, 0.3) is 0 Å². The molecule has 0 heterocycles. The topological polar surface area (TPSA) is 44.5 Å². The third kappa shape index (κ3) is 1.53. The fourth-order valence-electron chi connectivity index (χ4n) is 2.08. The Morgan fingerprint density at radius 3 is 2.31 bits per heavy atom. The summed E-state index contributed by atoms with van der Waals surface area (Å²) in [5.74, 6) is 0.237. The Morgan fingerprint density at radius 1 is 1.25 bits per heavy atom. The molecule has 1 aromatic rings. The second-order valence-electron chi connectivity index (χ2n) is 4.15. The first-order valence-corrected chi connectivity index (χ1v) is 5.29. The Hall–Kier alpha value is -1.29. The third-order valence-electron chi connectivity index (χ3n) is 3.29. The second kappa shape index (κ2) is 3.94. The van der Waals surface area contributed by atoms with Crippen molar-refractivity contribution in [3.05, 3.63) is 23.5 Å². The highest BCUT2D eigenvalue weighted by atomic mass is 19.1. The number of ether oxygens (including phenoxy) is 2. The molecule has 0 bridgehead atoms. The van der Waals surface area contributed by atoms with Crippen molar-refractivity contribution < 1.29 is 13.9 Å². The zero-order chi connectivity index (χ0) is 11.8. The van der Waals surface area contributed by atoms with Crippen molar-refractivity contribution in [2.24, 2.45) is 5.73 Å². The first-order chi connectivity index (χ1) is 7.68. The van der Waals surface area contributed by atoms with E-state index in [2.05, 4.69) is 0 Å². The highest BCUT2D eigenvalue weighted by Gasteiger charge is 2.45. The van der Waals surface area contributed by atoms with Gasteiger partial charge in [-0.2, -0.15) is 0 Å². The van der Waals surface area contributed by atoms with Crippen LogP contribution in [-0.4, -0.2) is 20.8 Å². The minimum atomic E-state index is -0.407. The Labute approximate surface area is 94.3 Å². The number of nitrogens with two attached hydrogens (primary N) is 1. The number of halogens is 1. The Balaban J connectivity index is 2.54. The smallest absolute Gasteiger partial charge is 0.197 e. The summed E-state index contributed by atoms with van der Waals surface area (Å²) in [6.45, 7) is 0.554. The number of methoxy groups -OCH3 is 2. The van der Waals surface area contributed by atoms with Gasteiger partial charge in [0.1, 0.15) is 0 Å². The standard InChI is InChI=1S/C12H16FNO2/c1-15-10-8(12(7-14)5-6-12)3-4-9(13)11(10)16-2/h3-4H,5-7,14H2,1-2H3. The van der Waals surface area contributed by atoms with Crippen LogP contribution < -0.4 is 15.2 Å². The van der Waals surface area contributed by atoms with Gasteiger partial charge in [0, 0.05) is 17.5 Å². The lowest BCUT2D eigenvalue weighted by molar-refractivity contribution is 0.332. The van der Waals surface area contributed by atoms with Gasteiger partial charge >= 0.3 is 0 Å². The molecule has 0 aliphatic heterocycles. The second-order valence-corrected chi connectivity index (χ2v) is 4.15. The number of benzene rings is 1. The van der Waals surface area contributed by atoms with Gasteiger partial charge in [-0.25, -0.2) is 4.39 Å². The minimum absolute atomic E-state index is 0.0354. The van der Waals surface area contributed by atoms with Crippen molar-refractivity contribution in [3.8, 4) is 11.5 Å². The molecule has 0 unspecified atom stereocenters. The molecule has 0 spiro atoms. The molecule has 16 heavy (non-hydrogen) atoms. The van der Waals surface area contributed by atoms with Gasteiger partial charge in [0.25, 0.3) is 0 Å². The molecule has 88 valence electrons. The Morgan fingerprint density at radius 2 is 1.88 bits per heavy atom. The largest absolute Gasteiger partial charge is 0.492 e. The van der Waals surface area contributed by atoms with E-state index in [1.165, 1.54) is 20.3 Å². The van der Waals surface area contributed by atoms with Crippen molar-refractivity contribution in [1.29, 1.82) is 0 Å². The molecule has 0 radical (unpaired) electrons. The van der Waals surface area contributed by atoms with E-state index in [9.17, 15) is 4.39 Å². The van der Waals surface area contributed by atoms with E-state index in [4.69, 9.17) is 15.2 Å². The molecule has 2 rings (SSSR count). The van der Waals surface area contributed by atoms with Crippen molar-refractivity contribution in [3.63, 3.8) is 0 Å². The molecule has 4 heteroatoms. The summed E-state index contributed by atoms with van der Waals surface area (Å²) < 4.78 is 23.8. The van der Waals surface area contributed by atoms with Crippen LogP contribution >= 0.6 is 0 Å². The van der Waals surface area contributed by atoms with E-state index in [1.807, 2.05) is 0 Å². The quantitative estimate of drug-likeness (QED) is 0.850. The third-order valence-corrected chi connectivity index (χ3v) is 3.29. The van der Waals surface area contributed by atoms with Crippen LogP contribution in [0.1, 0.15) is 18.4 Å². The average Bonchev–Trinajstić information content (AvgIpc) is 3.09. The lowest BCUT2D eigenvalue weighted by Gasteiger charge is -2.19. The van der Waals surface area contributed by atoms with Crippen LogP contribution in [0.4, 0.5) is 4.39 Å². The molecule has 0 saturated heterocycles. The molecular formula is C12H16FNO2. The highest BCUT2D eigenvalue weighted by molar-refractivity contribution is 5.53. The predicted octanol–water partition coefficient (Wildman–Crippen LogP) is 1.83. The molecule has 0 amide bonds. The average molecular weight is 225 g/mol. The van der Waals surface area contributed by atoms with Crippen molar-refractivity contribution >= 4 is 0 Å². The number of hydrogen-bond donors (Lipinski definition) is 1. The number of hydrogen-bond acceptors (Lipinski definition) is 3. The van der Waals surface area contributed by atoms with Gasteiger partial charge in [-0.1, -0.05) is 6.07 Å². The maximum Gasteiger partial charge on any atom is 0.197 e. The zero-order valence-electron chi connectivity index (χ0n) is 9.55. The zero-order valence-corrected chi connectivity index (χ0v) is 9.55. The Kier molecular flexibility index (Phi) is 2.76. The Bertz CT molecular complexity index is 402. The van der Waals surface area contributed by atoms with E-state index in [0.29, 0.717) is 12.3 Å². The fraction of sp³-hybridized carbons (Fsp3) is 0.500. The van der Waals surface area contributed by atoms with E-state index < -0.39 is 5.82 Å². The van der Waals surface area contributed by atoms with E-state index in [1.54, 1.807) is 6.07 Å². The minimum Gasteiger partial charge on any atom is -0.492 e. The van der Waals surface area contributed by atoms with Crippen LogP contribution in [0.3, 0.4) is 0 Å². The van der Waals surface area contributed by atoms with Crippen LogP contribution in [-0.2, 0) is 5.41 Å². The summed E-state index contributed by atoms with van der Waals surface area (Å²) in [5, 5.41) is 0. The fourth-order valence-corrected chi connectivity index (χ4v) is 2.08. The predicted molar refractivity (Wildman–Crippen MR) is 59.5 cm³/mol. The van der Waals surface area contributed by atoms with Gasteiger partial charge in [-0.15, -0.1) is 0 Å². The lowest BCUT2D eigenvalue weighted by atomic mass is 9.94. The molecule has 1 aromatic carbocycles. The molecule has 3 nitrogen and oxygen atoms in total. The van der Waals surface area contributed by atoms with Gasteiger partial charge in [-0.3, -0.25) is 0 Å². The lowest BCUT2D eigenvalue weighted by Crippen LogP contribution is -2.20. The molecular weight excluding hydrogens is 209 g/mol. The van der Waals surface area contributed by atoms with Crippen molar-refractivity contribution in [1.82, 2.24) is 0 Å². The van der Waals surface area contributed by atoms with Crippen molar-refractivity contribution in [2.75, 3.05) is 20.8 Å². The van der Waals surface area contributed by atoms with E-state index in [0.717, 1.165) is 18.4 Å². The van der Waals surface area contributed by atoms with Gasteiger partial charge in [0.2, 0.25) is 0 Å². The van der Waals surface area contributed by atoms with E-state index >= 15 is 0 Å². The summed E-state index contributed by atoms with van der Waals surface area (Å²) in [7, 11) is 2.96. The first kappa shape index (κ1) is 11.2. The first-order valence-electron chi connectivity index (χ1n) is 5.29. The van der Waals surface area contributed by atoms with Gasteiger partial charge in [0.15, 0.2) is 17.3 Å². The van der Waals surface area contributed by atoms with Crippen LogP contribution in [0, 0.1) is 5.82 Å². The maximum absolute atomic E-state index is 13.5.